The standard InChI is InChI=1S/C22H25ClN2O5S/c1-4-24(5-2)31(28,29)17-10-11-19(23)18(13-17)22(27)30-14-21(26)25-15(3)12-16-8-6-7-9-20(16)25/h6-11,13,15H,4-5,12,14H2,1-3H3/t15-/m1/s1. The van der Waals surface area contributed by atoms with E-state index in [0.29, 0.717) is 13.1 Å². The van der Waals surface area contributed by atoms with Crippen molar-refractivity contribution >= 4 is 39.2 Å². The molecular weight excluding hydrogens is 440 g/mol. The van der Waals surface area contributed by atoms with Crippen molar-refractivity contribution in [3.8, 4) is 0 Å². The Labute approximate surface area is 187 Å². The quantitative estimate of drug-likeness (QED) is 0.585. The van der Waals surface area contributed by atoms with Crippen molar-refractivity contribution in [2.75, 3.05) is 24.6 Å². The van der Waals surface area contributed by atoms with Crippen molar-refractivity contribution in [2.24, 2.45) is 0 Å². The average molecular weight is 465 g/mol. The molecule has 2 aromatic rings. The Hall–Kier alpha value is -2.42. The summed E-state index contributed by atoms with van der Waals surface area (Å²) in [5.41, 5.74) is 1.77. The number of ether oxygens (including phenoxy) is 1. The number of carbonyl (C=O) groups is 2. The molecule has 31 heavy (non-hydrogen) atoms. The minimum absolute atomic E-state index is 0.0465. The molecule has 0 spiro atoms. The minimum atomic E-state index is -3.77. The smallest absolute Gasteiger partial charge is 0.340 e. The van der Waals surface area contributed by atoms with Crippen LogP contribution in [0.3, 0.4) is 0 Å². The number of hydrogen-bond donors (Lipinski definition) is 0. The van der Waals surface area contributed by atoms with Crippen LogP contribution in [0.2, 0.25) is 5.02 Å². The fourth-order valence-electron chi connectivity index (χ4n) is 3.75. The molecule has 1 aliphatic rings. The second-order valence-corrected chi connectivity index (χ2v) is 9.60. The largest absolute Gasteiger partial charge is 0.452 e. The van der Waals surface area contributed by atoms with Gasteiger partial charge in [-0.25, -0.2) is 13.2 Å². The molecule has 7 nitrogen and oxygen atoms in total. The molecule has 0 saturated carbocycles. The highest BCUT2D eigenvalue weighted by molar-refractivity contribution is 7.89. The fraction of sp³-hybridized carbons (Fsp3) is 0.364. The molecule has 0 saturated heterocycles. The first kappa shape index (κ1) is 23.2. The van der Waals surface area contributed by atoms with Crippen LogP contribution >= 0.6 is 11.6 Å². The monoisotopic (exact) mass is 464 g/mol. The van der Waals surface area contributed by atoms with Gasteiger partial charge in [0, 0.05) is 24.8 Å². The van der Waals surface area contributed by atoms with E-state index >= 15 is 0 Å². The third-order valence-corrected chi connectivity index (χ3v) is 7.68. The first-order chi connectivity index (χ1) is 14.7. The number of amides is 1. The van der Waals surface area contributed by atoms with Gasteiger partial charge in [-0.2, -0.15) is 4.31 Å². The molecule has 3 rings (SSSR count). The number of halogens is 1. The number of nitrogens with zero attached hydrogens (tertiary/aromatic N) is 2. The van der Waals surface area contributed by atoms with Crippen LogP contribution in [0.5, 0.6) is 0 Å². The van der Waals surface area contributed by atoms with E-state index in [1.807, 2.05) is 31.2 Å². The topological polar surface area (TPSA) is 84.0 Å². The minimum Gasteiger partial charge on any atom is -0.452 e. The Morgan fingerprint density at radius 2 is 1.84 bits per heavy atom. The highest BCUT2D eigenvalue weighted by Crippen LogP contribution is 2.32. The number of sulfonamides is 1. The maximum Gasteiger partial charge on any atom is 0.340 e. The Morgan fingerprint density at radius 1 is 1.16 bits per heavy atom. The summed E-state index contributed by atoms with van der Waals surface area (Å²) in [6.45, 7) is 5.51. The molecule has 1 heterocycles. The third-order valence-electron chi connectivity index (χ3n) is 5.30. The molecule has 0 radical (unpaired) electrons. The number of carbonyl (C=O) groups excluding carboxylic acids is 2. The number of fused-ring (bicyclic) bond motifs is 1. The van der Waals surface area contributed by atoms with E-state index in [9.17, 15) is 18.0 Å². The van der Waals surface area contributed by atoms with Crippen LogP contribution in [0.25, 0.3) is 0 Å². The number of anilines is 1. The van der Waals surface area contributed by atoms with Crippen molar-refractivity contribution in [2.45, 2.75) is 38.1 Å². The highest BCUT2D eigenvalue weighted by Gasteiger charge is 2.31. The van der Waals surface area contributed by atoms with Crippen molar-refractivity contribution in [3.63, 3.8) is 0 Å². The van der Waals surface area contributed by atoms with E-state index in [1.165, 1.54) is 22.5 Å². The zero-order chi connectivity index (χ0) is 22.8. The number of hydrogen-bond acceptors (Lipinski definition) is 5. The van der Waals surface area contributed by atoms with Gasteiger partial charge in [-0.1, -0.05) is 43.6 Å². The summed E-state index contributed by atoms with van der Waals surface area (Å²) in [4.78, 5) is 26.9. The molecule has 166 valence electrons. The van der Waals surface area contributed by atoms with Crippen LogP contribution in [-0.2, 0) is 26.0 Å². The first-order valence-electron chi connectivity index (χ1n) is 10.1. The molecular formula is C22H25ClN2O5S. The number of para-hydroxylation sites is 1. The lowest BCUT2D eigenvalue weighted by Gasteiger charge is -2.22. The molecule has 1 aliphatic heterocycles. The van der Waals surface area contributed by atoms with E-state index in [4.69, 9.17) is 16.3 Å². The molecule has 0 aromatic heterocycles. The molecule has 0 fully saturated rings. The van der Waals surface area contributed by atoms with Gasteiger partial charge >= 0.3 is 5.97 Å². The Morgan fingerprint density at radius 3 is 2.52 bits per heavy atom. The molecule has 0 unspecified atom stereocenters. The maximum absolute atomic E-state index is 12.7. The van der Waals surface area contributed by atoms with Crippen LogP contribution in [0.1, 0.15) is 36.7 Å². The van der Waals surface area contributed by atoms with E-state index in [-0.39, 0.29) is 27.4 Å². The number of benzene rings is 2. The zero-order valence-electron chi connectivity index (χ0n) is 17.7. The van der Waals surface area contributed by atoms with Gasteiger partial charge in [0.05, 0.1) is 15.5 Å². The summed E-state index contributed by atoms with van der Waals surface area (Å²) in [6.07, 6.45) is 0.729. The van der Waals surface area contributed by atoms with Crippen molar-refractivity contribution in [1.82, 2.24) is 4.31 Å². The summed E-state index contributed by atoms with van der Waals surface area (Å²) < 4.78 is 32.0. The average Bonchev–Trinajstić information content (AvgIpc) is 3.08. The van der Waals surface area contributed by atoms with Crippen LogP contribution in [0.4, 0.5) is 5.69 Å². The van der Waals surface area contributed by atoms with E-state index < -0.39 is 22.6 Å². The summed E-state index contributed by atoms with van der Waals surface area (Å²) in [5, 5.41) is 0.0517. The summed E-state index contributed by atoms with van der Waals surface area (Å²) >= 11 is 6.12. The molecule has 0 bridgehead atoms. The van der Waals surface area contributed by atoms with Gasteiger partial charge in [-0.15, -0.1) is 0 Å². The number of esters is 1. The van der Waals surface area contributed by atoms with E-state index in [2.05, 4.69) is 0 Å². The van der Waals surface area contributed by atoms with Crippen LogP contribution < -0.4 is 4.90 Å². The fourth-order valence-corrected chi connectivity index (χ4v) is 5.43. The zero-order valence-corrected chi connectivity index (χ0v) is 19.2. The lowest BCUT2D eigenvalue weighted by Crippen LogP contribution is -2.38. The molecule has 1 amide bonds. The van der Waals surface area contributed by atoms with Gasteiger partial charge in [0.2, 0.25) is 10.0 Å². The lowest BCUT2D eigenvalue weighted by atomic mass is 10.1. The van der Waals surface area contributed by atoms with Crippen LogP contribution in [0, 0.1) is 0 Å². The molecule has 0 aliphatic carbocycles. The Kier molecular flexibility index (Phi) is 7.03. The van der Waals surface area contributed by atoms with Gasteiger partial charge in [-0.3, -0.25) is 4.79 Å². The van der Waals surface area contributed by atoms with Crippen LogP contribution in [0.15, 0.2) is 47.4 Å². The molecule has 1 atom stereocenters. The van der Waals surface area contributed by atoms with Crippen molar-refractivity contribution < 1.29 is 22.7 Å². The summed E-state index contributed by atoms with van der Waals surface area (Å²) in [7, 11) is -3.77. The SMILES string of the molecule is CCN(CC)S(=O)(=O)c1ccc(Cl)c(C(=O)OCC(=O)N2c3ccccc3C[C@H]2C)c1. The van der Waals surface area contributed by atoms with Gasteiger partial charge < -0.3 is 9.64 Å². The normalized spacial score (nSPS) is 15.8. The van der Waals surface area contributed by atoms with Crippen LogP contribution in [-0.4, -0.2) is 50.3 Å². The Balaban J connectivity index is 1.76. The van der Waals surface area contributed by atoms with Crippen molar-refractivity contribution in [3.05, 3.63) is 58.6 Å². The maximum atomic E-state index is 12.7. The van der Waals surface area contributed by atoms with Crippen molar-refractivity contribution in [1.29, 1.82) is 0 Å². The van der Waals surface area contributed by atoms with E-state index in [1.54, 1.807) is 18.7 Å². The molecule has 0 N–H and O–H groups in total. The lowest BCUT2D eigenvalue weighted by molar-refractivity contribution is -0.122. The summed E-state index contributed by atoms with van der Waals surface area (Å²) in [6, 6.07) is 11.4. The predicted octanol–water partition coefficient (Wildman–Crippen LogP) is 3.51. The number of rotatable bonds is 7. The second-order valence-electron chi connectivity index (χ2n) is 7.25. The third kappa shape index (κ3) is 4.61. The Bertz CT molecular complexity index is 1100. The highest BCUT2D eigenvalue weighted by atomic mass is 35.5. The van der Waals surface area contributed by atoms with Gasteiger partial charge in [-0.05, 0) is 43.2 Å². The predicted molar refractivity (Wildman–Crippen MR) is 119 cm³/mol. The van der Waals surface area contributed by atoms with Gasteiger partial charge in [0.1, 0.15) is 0 Å². The second kappa shape index (κ2) is 9.38. The van der Waals surface area contributed by atoms with Gasteiger partial charge in [0.15, 0.2) is 6.61 Å². The van der Waals surface area contributed by atoms with Gasteiger partial charge in [0.25, 0.3) is 5.91 Å². The van der Waals surface area contributed by atoms with E-state index in [0.717, 1.165) is 17.7 Å². The molecule has 9 heteroatoms. The molecule has 2 aromatic carbocycles. The summed E-state index contributed by atoms with van der Waals surface area (Å²) in [5.74, 6) is -1.20. The first-order valence-corrected chi connectivity index (χ1v) is 11.9.